The zero-order chi connectivity index (χ0) is 18.6. The molecule has 3 heterocycles. The molecule has 0 bridgehead atoms. The highest BCUT2D eigenvalue weighted by Gasteiger charge is 2.14. The summed E-state index contributed by atoms with van der Waals surface area (Å²) in [5.41, 5.74) is 2.91. The molecule has 0 fully saturated rings. The summed E-state index contributed by atoms with van der Waals surface area (Å²) in [4.78, 5) is 22.6. The molecule has 0 saturated carbocycles. The Balaban J connectivity index is 1.18. The SMILES string of the molecule is O=C(NCCCc1nc2c(s1)CCCC2)NCc1cn2cc(Cl)ccc2n1. The van der Waals surface area contributed by atoms with E-state index in [4.69, 9.17) is 16.6 Å². The second kappa shape index (κ2) is 8.27. The first kappa shape index (κ1) is 18.3. The van der Waals surface area contributed by atoms with Gasteiger partial charge in [0.2, 0.25) is 0 Å². The molecule has 3 aromatic rings. The number of hydrogen-bond acceptors (Lipinski definition) is 4. The molecule has 2 N–H and O–H groups in total. The van der Waals surface area contributed by atoms with Crippen molar-refractivity contribution < 1.29 is 4.79 Å². The number of thiazole rings is 1. The van der Waals surface area contributed by atoms with Crippen LogP contribution in [-0.4, -0.2) is 26.9 Å². The highest BCUT2D eigenvalue weighted by Crippen LogP contribution is 2.27. The molecule has 0 aromatic carbocycles. The predicted octanol–water partition coefficient (Wildman–Crippen LogP) is 3.76. The summed E-state index contributed by atoms with van der Waals surface area (Å²) in [5.74, 6) is 0. The smallest absolute Gasteiger partial charge is 0.315 e. The molecule has 27 heavy (non-hydrogen) atoms. The molecule has 0 aliphatic heterocycles. The van der Waals surface area contributed by atoms with Crippen LogP contribution in [-0.2, 0) is 25.8 Å². The normalized spacial score (nSPS) is 13.5. The van der Waals surface area contributed by atoms with Crippen molar-refractivity contribution in [3.05, 3.63) is 50.8 Å². The van der Waals surface area contributed by atoms with Crippen molar-refractivity contribution in [1.82, 2.24) is 25.0 Å². The van der Waals surface area contributed by atoms with Gasteiger partial charge in [0.15, 0.2) is 0 Å². The van der Waals surface area contributed by atoms with Gasteiger partial charge >= 0.3 is 6.03 Å². The van der Waals surface area contributed by atoms with E-state index in [9.17, 15) is 4.79 Å². The van der Waals surface area contributed by atoms with E-state index in [1.54, 1.807) is 12.3 Å². The molecule has 0 radical (unpaired) electrons. The van der Waals surface area contributed by atoms with E-state index in [1.807, 2.05) is 28.0 Å². The number of nitrogens with zero attached hydrogens (tertiary/aromatic N) is 3. The third-order valence-electron chi connectivity index (χ3n) is 4.64. The maximum absolute atomic E-state index is 12.0. The lowest BCUT2D eigenvalue weighted by Gasteiger charge is -2.06. The number of aryl methyl sites for hydroxylation is 3. The number of carbonyl (C=O) groups excluding carboxylic acids is 1. The lowest BCUT2D eigenvalue weighted by molar-refractivity contribution is 0.240. The largest absolute Gasteiger partial charge is 0.338 e. The Hall–Kier alpha value is -2.12. The standard InChI is InChI=1S/C19H22ClN5OS/c20-13-7-8-17-23-14(12-25(17)11-13)10-22-19(26)21-9-3-6-18-24-15-4-1-2-5-16(15)27-18/h7-8,11-12H,1-6,9-10H2,(H2,21,22,26). The summed E-state index contributed by atoms with van der Waals surface area (Å²) < 4.78 is 1.85. The fraction of sp³-hybridized carbons (Fsp3) is 0.421. The second-order valence-corrected chi connectivity index (χ2v) is 8.35. The van der Waals surface area contributed by atoms with Gasteiger partial charge in [0.25, 0.3) is 0 Å². The molecule has 4 rings (SSSR count). The van der Waals surface area contributed by atoms with E-state index in [2.05, 4.69) is 15.6 Å². The molecular weight excluding hydrogens is 382 g/mol. The molecular formula is C19H22ClN5OS. The highest BCUT2D eigenvalue weighted by atomic mass is 35.5. The number of pyridine rings is 1. The van der Waals surface area contributed by atoms with Crippen LogP contribution in [0.1, 0.15) is 40.5 Å². The number of imidazole rings is 1. The Bertz CT molecular complexity index is 927. The van der Waals surface area contributed by atoms with Crippen molar-refractivity contribution in [2.75, 3.05) is 6.54 Å². The van der Waals surface area contributed by atoms with Crippen LogP contribution in [0.25, 0.3) is 5.65 Å². The van der Waals surface area contributed by atoms with E-state index in [1.165, 1.54) is 34.8 Å². The highest BCUT2D eigenvalue weighted by molar-refractivity contribution is 7.11. The first-order chi connectivity index (χ1) is 13.2. The van der Waals surface area contributed by atoms with E-state index in [0.717, 1.165) is 30.6 Å². The van der Waals surface area contributed by atoms with Crippen LogP contribution >= 0.6 is 22.9 Å². The fourth-order valence-electron chi connectivity index (χ4n) is 3.29. The Morgan fingerprint density at radius 2 is 2.07 bits per heavy atom. The average Bonchev–Trinajstić information content (AvgIpc) is 3.26. The van der Waals surface area contributed by atoms with Gasteiger partial charge in [-0.3, -0.25) is 0 Å². The number of urea groups is 1. The number of halogens is 1. The maximum atomic E-state index is 12.0. The first-order valence-electron chi connectivity index (χ1n) is 9.30. The van der Waals surface area contributed by atoms with Crippen LogP contribution in [0.4, 0.5) is 4.79 Å². The lowest BCUT2D eigenvalue weighted by Crippen LogP contribution is -2.35. The molecule has 0 saturated heterocycles. The first-order valence-corrected chi connectivity index (χ1v) is 10.5. The lowest BCUT2D eigenvalue weighted by atomic mass is 10.0. The molecule has 0 spiro atoms. The van der Waals surface area contributed by atoms with Crippen molar-refractivity contribution >= 4 is 34.6 Å². The number of rotatable bonds is 6. The minimum atomic E-state index is -0.177. The molecule has 3 aromatic heterocycles. The predicted molar refractivity (Wildman–Crippen MR) is 108 cm³/mol. The van der Waals surface area contributed by atoms with Crippen molar-refractivity contribution in [3.63, 3.8) is 0 Å². The molecule has 8 heteroatoms. The van der Waals surface area contributed by atoms with Crippen LogP contribution in [0.5, 0.6) is 0 Å². The Morgan fingerprint density at radius 1 is 1.19 bits per heavy atom. The van der Waals surface area contributed by atoms with Gasteiger partial charge in [-0.2, -0.15) is 0 Å². The topological polar surface area (TPSA) is 71.3 Å². The van der Waals surface area contributed by atoms with Crippen molar-refractivity contribution in [2.45, 2.75) is 45.1 Å². The van der Waals surface area contributed by atoms with Crippen LogP contribution < -0.4 is 10.6 Å². The molecule has 1 aliphatic rings. The Labute approximate surface area is 167 Å². The monoisotopic (exact) mass is 403 g/mol. The van der Waals surface area contributed by atoms with E-state index >= 15 is 0 Å². The van der Waals surface area contributed by atoms with Crippen LogP contribution in [0, 0.1) is 0 Å². The minimum absolute atomic E-state index is 0.177. The number of hydrogen-bond donors (Lipinski definition) is 2. The van der Waals surface area contributed by atoms with Gasteiger partial charge in [-0.15, -0.1) is 11.3 Å². The summed E-state index contributed by atoms with van der Waals surface area (Å²) in [5, 5.41) is 7.59. The molecule has 1 aliphatic carbocycles. The minimum Gasteiger partial charge on any atom is -0.338 e. The van der Waals surface area contributed by atoms with Gasteiger partial charge in [-0.25, -0.2) is 14.8 Å². The molecule has 6 nitrogen and oxygen atoms in total. The van der Waals surface area contributed by atoms with Crippen LogP contribution in [0.15, 0.2) is 24.5 Å². The summed E-state index contributed by atoms with van der Waals surface area (Å²) in [6.45, 7) is 1.02. The fourth-order valence-corrected chi connectivity index (χ4v) is 4.66. The molecule has 0 atom stereocenters. The van der Waals surface area contributed by atoms with Gasteiger partial charge in [-0.05, 0) is 44.2 Å². The van der Waals surface area contributed by atoms with Gasteiger partial charge in [0.1, 0.15) is 5.65 Å². The third kappa shape index (κ3) is 4.59. The van der Waals surface area contributed by atoms with Crippen LogP contribution in [0.3, 0.4) is 0 Å². The van der Waals surface area contributed by atoms with Gasteiger partial charge in [-0.1, -0.05) is 11.6 Å². The van der Waals surface area contributed by atoms with E-state index in [-0.39, 0.29) is 6.03 Å². The number of amides is 2. The zero-order valence-electron chi connectivity index (χ0n) is 15.0. The summed E-state index contributed by atoms with van der Waals surface area (Å²) in [7, 11) is 0. The summed E-state index contributed by atoms with van der Waals surface area (Å²) in [6, 6.07) is 3.47. The molecule has 2 amide bonds. The van der Waals surface area contributed by atoms with Crippen LogP contribution in [0.2, 0.25) is 5.02 Å². The maximum Gasteiger partial charge on any atom is 0.315 e. The van der Waals surface area contributed by atoms with Gasteiger partial charge < -0.3 is 15.0 Å². The van der Waals surface area contributed by atoms with Gasteiger partial charge in [0.05, 0.1) is 28.0 Å². The zero-order valence-corrected chi connectivity index (χ0v) is 16.6. The number of fused-ring (bicyclic) bond motifs is 2. The number of aromatic nitrogens is 3. The Morgan fingerprint density at radius 3 is 2.96 bits per heavy atom. The molecule has 142 valence electrons. The summed E-state index contributed by atoms with van der Waals surface area (Å²) >= 11 is 7.81. The van der Waals surface area contributed by atoms with E-state index in [0.29, 0.717) is 18.1 Å². The average molecular weight is 404 g/mol. The third-order valence-corrected chi connectivity index (χ3v) is 6.08. The van der Waals surface area contributed by atoms with Crippen molar-refractivity contribution in [3.8, 4) is 0 Å². The quantitative estimate of drug-likeness (QED) is 0.615. The molecule has 0 unspecified atom stereocenters. The number of carbonyl (C=O) groups is 1. The van der Waals surface area contributed by atoms with Crippen molar-refractivity contribution in [2.24, 2.45) is 0 Å². The number of nitrogens with one attached hydrogen (secondary N) is 2. The second-order valence-electron chi connectivity index (χ2n) is 6.74. The van der Waals surface area contributed by atoms with Crippen molar-refractivity contribution in [1.29, 1.82) is 0 Å². The Kier molecular flexibility index (Phi) is 5.59. The summed E-state index contributed by atoms with van der Waals surface area (Å²) in [6.07, 6.45) is 10.3. The van der Waals surface area contributed by atoms with Gasteiger partial charge in [0, 0.05) is 30.2 Å². The van der Waals surface area contributed by atoms with E-state index < -0.39 is 0 Å².